The molecule has 1 atom stereocenters. The lowest BCUT2D eigenvalue weighted by Crippen LogP contribution is -2.35. The van der Waals surface area contributed by atoms with Gasteiger partial charge < -0.3 is 14.6 Å². The topological polar surface area (TPSA) is 62.5 Å². The van der Waals surface area contributed by atoms with Crippen molar-refractivity contribution in [1.82, 2.24) is 9.47 Å². The standard InChI is InChI=1S/C13H17F3N2O3/c1-4-17(5-2)11(19)8(3)18-6-9(12(20)21)10(7-18)13(14,15)16/h6-8H,4-5H2,1-3H3,(H,20,21). The first kappa shape index (κ1) is 17.1. The van der Waals surface area contributed by atoms with Gasteiger partial charge >= 0.3 is 12.1 Å². The Bertz CT molecular complexity index is 533. The lowest BCUT2D eigenvalue weighted by atomic mass is 10.2. The van der Waals surface area contributed by atoms with Crippen LogP contribution in [0.2, 0.25) is 0 Å². The minimum absolute atomic E-state index is 0.360. The zero-order chi connectivity index (χ0) is 16.4. The van der Waals surface area contributed by atoms with Gasteiger partial charge in [0, 0.05) is 25.5 Å². The van der Waals surface area contributed by atoms with Crippen molar-refractivity contribution in [1.29, 1.82) is 0 Å². The van der Waals surface area contributed by atoms with Gasteiger partial charge in [-0.05, 0) is 20.8 Å². The quantitative estimate of drug-likeness (QED) is 0.909. The Hall–Kier alpha value is -1.99. The molecule has 0 aromatic carbocycles. The SMILES string of the molecule is CCN(CC)C(=O)C(C)n1cc(C(=O)O)c(C(F)(F)F)c1. The summed E-state index contributed by atoms with van der Waals surface area (Å²) in [5.41, 5.74) is -2.11. The zero-order valence-corrected chi connectivity index (χ0v) is 11.9. The largest absolute Gasteiger partial charge is 0.478 e. The number of rotatable bonds is 5. The van der Waals surface area contributed by atoms with Crippen LogP contribution in [0, 0.1) is 0 Å². The van der Waals surface area contributed by atoms with E-state index < -0.39 is 29.3 Å². The maximum absolute atomic E-state index is 12.8. The van der Waals surface area contributed by atoms with Crippen LogP contribution in [-0.2, 0) is 11.0 Å². The predicted octanol–water partition coefficient (Wildman–Crippen LogP) is 2.63. The number of alkyl halides is 3. The molecule has 1 amide bonds. The van der Waals surface area contributed by atoms with Gasteiger partial charge in [0.1, 0.15) is 6.04 Å². The molecule has 1 unspecified atom stereocenters. The fourth-order valence-electron chi connectivity index (χ4n) is 2.02. The molecule has 0 saturated carbocycles. The molecule has 21 heavy (non-hydrogen) atoms. The first-order valence-corrected chi connectivity index (χ1v) is 6.44. The van der Waals surface area contributed by atoms with E-state index in [2.05, 4.69) is 0 Å². The predicted molar refractivity (Wildman–Crippen MR) is 69.0 cm³/mol. The second-order valence-electron chi connectivity index (χ2n) is 4.52. The monoisotopic (exact) mass is 306 g/mol. The van der Waals surface area contributed by atoms with E-state index in [1.165, 1.54) is 11.8 Å². The molecule has 8 heteroatoms. The van der Waals surface area contributed by atoms with Crippen molar-refractivity contribution >= 4 is 11.9 Å². The number of carbonyl (C=O) groups excluding carboxylic acids is 1. The first-order valence-electron chi connectivity index (χ1n) is 6.44. The summed E-state index contributed by atoms with van der Waals surface area (Å²) < 4.78 is 39.4. The number of hydrogen-bond acceptors (Lipinski definition) is 2. The third-order valence-corrected chi connectivity index (χ3v) is 3.26. The number of hydrogen-bond donors (Lipinski definition) is 1. The highest BCUT2D eigenvalue weighted by molar-refractivity contribution is 5.90. The molecule has 0 fully saturated rings. The lowest BCUT2D eigenvalue weighted by Gasteiger charge is -2.23. The molecule has 0 aliphatic carbocycles. The highest BCUT2D eigenvalue weighted by Crippen LogP contribution is 2.33. The normalized spacial score (nSPS) is 13.0. The molecular weight excluding hydrogens is 289 g/mol. The summed E-state index contributed by atoms with van der Waals surface area (Å²) in [6.45, 7) is 5.81. The van der Waals surface area contributed by atoms with Crippen molar-refractivity contribution in [3.8, 4) is 0 Å². The van der Waals surface area contributed by atoms with Crippen molar-refractivity contribution in [3.05, 3.63) is 23.5 Å². The molecule has 1 rings (SSSR count). The molecule has 118 valence electrons. The van der Waals surface area contributed by atoms with Crippen LogP contribution in [0.3, 0.4) is 0 Å². The summed E-state index contributed by atoms with van der Waals surface area (Å²) >= 11 is 0. The Morgan fingerprint density at radius 3 is 2.14 bits per heavy atom. The van der Waals surface area contributed by atoms with E-state index in [0.717, 1.165) is 10.8 Å². The van der Waals surface area contributed by atoms with Gasteiger partial charge in [0.2, 0.25) is 5.91 Å². The van der Waals surface area contributed by atoms with Crippen molar-refractivity contribution in [2.45, 2.75) is 33.0 Å². The van der Waals surface area contributed by atoms with Crippen LogP contribution in [0.4, 0.5) is 13.2 Å². The van der Waals surface area contributed by atoms with Gasteiger partial charge in [0.25, 0.3) is 0 Å². The summed E-state index contributed by atoms with van der Waals surface area (Å²) in [6, 6.07) is -0.904. The van der Waals surface area contributed by atoms with E-state index in [4.69, 9.17) is 5.11 Å². The molecule has 1 heterocycles. The number of likely N-dealkylation sites (N-methyl/N-ethyl adjacent to an activating group) is 1. The molecule has 5 nitrogen and oxygen atoms in total. The first-order chi connectivity index (χ1) is 9.63. The third kappa shape index (κ3) is 3.56. The molecule has 0 saturated heterocycles. The smallest absolute Gasteiger partial charge is 0.418 e. The summed E-state index contributed by atoms with van der Waals surface area (Å²) in [5.74, 6) is -2.04. The van der Waals surface area contributed by atoms with Crippen molar-refractivity contribution in [2.75, 3.05) is 13.1 Å². The van der Waals surface area contributed by atoms with E-state index in [9.17, 15) is 22.8 Å². The maximum atomic E-state index is 12.8. The number of amides is 1. The summed E-state index contributed by atoms with van der Waals surface area (Å²) in [7, 11) is 0. The minimum atomic E-state index is -4.78. The molecule has 0 radical (unpaired) electrons. The molecule has 0 spiro atoms. The number of halogens is 3. The van der Waals surface area contributed by atoms with E-state index in [-0.39, 0.29) is 5.91 Å². The molecule has 1 N–H and O–H groups in total. The Morgan fingerprint density at radius 1 is 1.29 bits per heavy atom. The van der Waals surface area contributed by atoms with Crippen LogP contribution in [-0.4, -0.2) is 39.5 Å². The second-order valence-corrected chi connectivity index (χ2v) is 4.52. The van der Waals surface area contributed by atoms with Crippen LogP contribution in [0.25, 0.3) is 0 Å². The fraction of sp³-hybridized carbons (Fsp3) is 0.538. The molecule has 1 aromatic heterocycles. The number of nitrogens with zero attached hydrogens (tertiary/aromatic N) is 2. The van der Waals surface area contributed by atoms with Gasteiger partial charge in [-0.3, -0.25) is 4.79 Å². The van der Waals surface area contributed by atoms with Crippen LogP contribution in [0.15, 0.2) is 12.4 Å². The van der Waals surface area contributed by atoms with Gasteiger partial charge in [0.15, 0.2) is 0 Å². The van der Waals surface area contributed by atoms with Gasteiger partial charge in [-0.15, -0.1) is 0 Å². The van der Waals surface area contributed by atoms with Crippen molar-refractivity contribution in [3.63, 3.8) is 0 Å². The number of aromatic carboxylic acids is 1. The fourth-order valence-corrected chi connectivity index (χ4v) is 2.02. The van der Waals surface area contributed by atoms with E-state index in [1.807, 2.05) is 0 Å². The Balaban J connectivity index is 3.20. The summed E-state index contributed by atoms with van der Waals surface area (Å²) in [5, 5.41) is 8.86. The number of carboxylic acids is 1. The van der Waals surface area contributed by atoms with Gasteiger partial charge in [0.05, 0.1) is 11.1 Å². The molecule has 1 aromatic rings. The second kappa shape index (κ2) is 6.19. The minimum Gasteiger partial charge on any atom is -0.478 e. The average molecular weight is 306 g/mol. The van der Waals surface area contributed by atoms with Crippen LogP contribution in [0.1, 0.15) is 42.7 Å². The van der Waals surface area contributed by atoms with E-state index in [0.29, 0.717) is 19.3 Å². The summed E-state index contributed by atoms with van der Waals surface area (Å²) in [4.78, 5) is 24.5. The number of carboxylic acid groups (broad SMARTS) is 1. The Morgan fingerprint density at radius 2 is 1.81 bits per heavy atom. The highest BCUT2D eigenvalue weighted by Gasteiger charge is 2.38. The van der Waals surface area contributed by atoms with Crippen LogP contribution >= 0.6 is 0 Å². The van der Waals surface area contributed by atoms with Gasteiger partial charge in [-0.1, -0.05) is 0 Å². The summed E-state index contributed by atoms with van der Waals surface area (Å²) in [6.07, 6.45) is -3.27. The molecule has 0 bridgehead atoms. The molecule has 0 aliphatic heterocycles. The maximum Gasteiger partial charge on any atom is 0.418 e. The number of aromatic nitrogens is 1. The van der Waals surface area contributed by atoms with Crippen molar-refractivity contribution < 1.29 is 27.9 Å². The zero-order valence-electron chi connectivity index (χ0n) is 11.9. The van der Waals surface area contributed by atoms with E-state index in [1.54, 1.807) is 13.8 Å². The highest BCUT2D eigenvalue weighted by atomic mass is 19.4. The Labute approximate surface area is 120 Å². The molecule has 0 aliphatic rings. The van der Waals surface area contributed by atoms with Crippen molar-refractivity contribution in [2.24, 2.45) is 0 Å². The third-order valence-electron chi connectivity index (χ3n) is 3.26. The Kier molecular flexibility index (Phi) is 5.03. The van der Waals surface area contributed by atoms with Crippen LogP contribution < -0.4 is 0 Å². The average Bonchev–Trinajstić information content (AvgIpc) is 2.84. The van der Waals surface area contributed by atoms with Crippen LogP contribution in [0.5, 0.6) is 0 Å². The van der Waals surface area contributed by atoms with Gasteiger partial charge in [-0.25, -0.2) is 4.79 Å². The number of carbonyl (C=O) groups is 2. The lowest BCUT2D eigenvalue weighted by molar-refractivity contribution is -0.138. The van der Waals surface area contributed by atoms with E-state index >= 15 is 0 Å². The van der Waals surface area contributed by atoms with Gasteiger partial charge in [-0.2, -0.15) is 13.2 Å². The molecular formula is C13H17F3N2O3.